The normalized spacial score (nSPS) is 10.9. The van der Waals surface area contributed by atoms with Crippen molar-refractivity contribution >= 4 is 12.3 Å². The van der Waals surface area contributed by atoms with Crippen molar-refractivity contribution in [3.8, 4) is 0 Å². The van der Waals surface area contributed by atoms with Gasteiger partial charge in [-0.3, -0.25) is 4.99 Å². The fourth-order valence-electron chi connectivity index (χ4n) is 0.975. The summed E-state index contributed by atoms with van der Waals surface area (Å²) in [5.41, 5.74) is 1.99. The van der Waals surface area contributed by atoms with Crippen LogP contribution in [0.3, 0.4) is 0 Å². The van der Waals surface area contributed by atoms with Crippen LogP contribution in [0.5, 0.6) is 0 Å². The standard InChI is InChI=1S/C11H13N3.C2H6/c1-4-10(5-6-12-3)11-13-7-9(2)8-14-11;1-2/h4-8H,3H2,1-2H3;1-2H3/b6-5-,10-4+;. The summed E-state index contributed by atoms with van der Waals surface area (Å²) in [4.78, 5) is 12.1. The maximum Gasteiger partial charge on any atom is 0.158 e. The van der Waals surface area contributed by atoms with Crippen molar-refractivity contribution in [1.82, 2.24) is 9.97 Å². The lowest BCUT2D eigenvalue weighted by Gasteiger charge is -1.99. The van der Waals surface area contributed by atoms with Crippen molar-refractivity contribution in [2.45, 2.75) is 27.7 Å². The molecule has 0 fully saturated rings. The van der Waals surface area contributed by atoms with Crippen molar-refractivity contribution in [1.29, 1.82) is 0 Å². The molecule has 0 bridgehead atoms. The molecular weight excluding hydrogens is 198 g/mol. The Morgan fingerprint density at radius 2 is 1.88 bits per heavy atom. The zero-order chi connectivity index (χ0) is 12.4. The van der Waals surface area contributed by atoms with Gasteiger partial charge >= 0.3 is 0 Å². The monoisotopic (exact) mass is 217 g/mol. The van der Waals surface area contributed by atoms with Crippen LogP contribution in [0.2, 0.25) is 0 Å². The van der Waals surface area contributed by atoms with Crippen LogP contribution in [0, 0.1) is 6.92 Å². The molecule has 1 aromatic rings. The van der Waals surface area contributed by atoms with E-state index >= 15 is 0 Å². The molecule has 0 aliphatic heterocycles. The van der Waals surface area contributed by atoms with Gasteiger partial charge in [-0.15, -0.1) is 0 Å². The first-order chi connectivity index (χ1) is 7.77. The summed E-state index contributed by atoms with van der Waals surface area (Å²) in [5, 5.41) is 0. The van der Waals surface area contributed by atoms with Gasteiger partial charge in [0.1, 0.15) is 0 Å². The van der Waals surface area contributed by atoms with Crippen molar-refractivity contribution in [3.63, 3.8) is 0 Å². The van der Waals surface area contributed by atoms with Gasteiger partial charge in [-0.1, -0.05) is 19.9 Å². The molecule has 0 aliphatic carbocycles. The highest BCUT2D eigenvalue weighted by Gasteiger charge is 1.98. The highest BCUT2D eigenvalue weighted by Crippen LogP contribution is 2.10. The van der Waals surface area contributed by atoms with Gasteiger partial charge < -0.3 is 0 Å². The van der Waals surface area contributed by atoms with Crippen molar-refractivity contribution in [2.75, 3.05) is 0 Å². The van der Waals surface area contributed by atoms with Gasteiger partial charge in [0.25, 0.3) is 0 Å². The Hall–Kier alpha value is -1.77. The van der Waals surface area contributed by atoms with Gasteiger partial charge in [-0.2, -0.15) is 0 Å². The zero-order valence-corrected chi connectivity index (χ0v) is 10.4. The Bertz CT molecular complexity index is 361. The molecule has 0 aliphatic rings. The second-order valence-electron chi connectivity index (χ2n) is 2.83. The van der Waals surface area contributed by atoms with Crippen LogP contribution in [0.4, 0.5) is 0 Å². The summed E-state index contributed by atoms with van der Waals surface area (Å²) in [5.74, 6) is 0.706. The second-order valence-corrected chi connectivity index (χ2v) is 2.83. The Morgan fingerprint density at radius 1 is 1.31 bits per heavy atom. The fourth-order valence-corrected chi connectivity index (χ4v) is 0.975. The molecule has 86 valence electrons. The molecule has 1 heterocycles. The Balaban J connectivity index is 0.00000106. The molecule has 1 rings (SSSR count). The molecule has 0 atom stereocenters. The van der Waals surface area contributed by atoms with Gasteiger partial charge in [0.15, 0.2) is 5.82 Å². The van der Waals surface area contributed by atoms with Crippen molar-refractivity contribution < 1.29 is 0 Å². The molecule has 0 aromatic carbocycles. The maximum absolute atomic E-state index is 4.21. The topological polar surface area (TPSA) is 38.1 Å². The number of aromatic nitrogens is 2. The number of allylic oxidation sites excluding steroid dienone is 3. The highest BCUT2D eigenvalue weighted by atomic mass is 14.9. The van der Waals surface area contributed by atoms with Crippen LogP contribution in [0.25, 0.3) is 5.57 Å². The maximum atomic E-state index is 4.21. The molecule has 0 spiro atoms. The van der Waals surface area contributed by atoms with Crippen LogP contribution in [-0.2, 0) is 0 Å². The first-order valence-electron chi connectivity index (χ1n) is 5.35. The average Bonchev–Trinajstić information content (AvgIpc) is 2.35. The molecule has 0 radical (unpaired) electrons. The summed E-state index contributed by atoms with van der Waals surface area (Å²) in [6.45, 7) is 11.3. The fraction of sp³-hybridized carbons (Fsp3) is 0.308. The van der Waals surface area contributed by atoms with Crippen molar-refractivity contribution in [2.24, 2.45) is 4.99 Å². The lowest BCUT2D eigenvalue weighted by Crippen LogP contribution is -1.91. The number of hydrogen-bond donors (Lipinski definition) is 0. The minimum absolute atomic E-state index is 0.706. The lowest BCUT2D eigenvalue weighted by atomic mass is 10.2. The van der Waals surface area contributed by atoms with E-state index in [0.29, 0.717) is 5.82 Å². The van der Waals surface area contributed by atoms with Gasteiger partial charge in [0, 0.05) is 24.2 Å². The molecule has 0 N–H and O–H groups in total. The van der Waals surface area contributed by atoms with Crippen LogP contribution in [0.1, 0.15) is 32.2 Å². The molecule has 0 saturated carbocycles. The molecule has 3 nitrogen and oxygen atoms in total. The average molecular weight is 217 g/mol. The number of nitrogens with zero attached hydrogens (tertiary/aromatic N) is 3. The zero-order valence-electron chi connectivity index (χ0n) is 10.4. The molecular formula is C13H19N3. The number of aryl methyl sites for hydroxylation is 1. The second kappa shape index (κ2) is 8.53. The Kier molecular flexibility index (Phi) is 7.59. The summed E-state index contributed by atoms with van der Waals surface area (Å²) >= 11 is 0. The largest absolute Gasteiger partial charge is 0.272 e. The van der Waals surface area contributed by atoms with E-state index in [0.717, 1.165) is 11.1 Å². The molecule has 3 heteroatoms. The summed E-state index contributed by atoms with van der Waals surface area (Å²) in [7, 11) is 0. The SMILES string of the molecule is C=N/C=C\C(=C/C)c1ncc(C)cn1.CC. The summed E-state index contributed by atoms with van der Waals surface area (Å²) < 4.78 is 0. The molecule has 0 amide bonds. The number of rotatable bonds is 3. The van der Waals surface area contributed by atoms with Gasteiger partial charge in [-0.25, -0.2) is 9.97 Å². The first-order valence-corrected chi connectivity index (χ1v) is 5.35. The van der Waals surface area contributed by atoms with Gasteiger partial charge in [0.2, 0.25) is 0 Å². The quantitative estimate of drug-likeness (QED) is 0.574. The van der Waals surface area contributed by atoms with E-state index in [1.165, 1.54) is 0 Å². The number of aliphatic imine (C=N–C) groups is 1. The van der Waals surface area contributed by atoms with E-state index in [9.17, 15) is 0 Å². The molecule has 16 heavy (non-hydrogen) atoms. The van der Waals surface area contributed by atoms with E-state index in [1.807, 2.05) is 39.8 Å². The van der Waals surface area contributed by atoms with Crippen LogP contribution in [0.15, 0.2) is 35.7 Å². The van der Waals surface area contributed by atoms with Crippen LogP contribution >= 0.6 is 0 Å². The van der Waals surface area contributed by atoms with Gasteiger partial charge in [0.05, 0.1) is 0 Å². The number of hydrogen-bond acceptors (Lipinski definition) is 3. The Morgan fingerprint density at radius 3 is 2.31 bits per heavy atom. The van der Waals surface area contributed by atoms with E-state index in [1.54, 1.807) is 18.6 Å². The predicted molar refractivity (Wildman–Crippen MR) is 70.5 cm³/mol. The van der Waals surface area contributed by atoms with Crippen LogP contribution < -0.4 is 0 Å². The third-order valence-corrected chi connectivity index (χ3v) is 1.71. The smallest absolute Gasteiger partial charge is 0.158 e. The van der Waals surface area contributed by atoms with Gasteiger partial charge in [-0.05, 0) is 32.2 Å². The minimum atomic E-state index is 0.706. The van der Waals surface area contributed by atoms with E-state index in [2.05, 4.69) is 21.7 Å². The minimum Gasteiger partial charge on any atom is -0.272 e. The molecule has 0 unspecified atom stereocenters. The highest BCUT2D eigenvalue weighted by molar-refractivity contribution is 5.68. The first kappa shape index (κ1) is 14.2. The lowest BCUT2D eigenvalue weighted by molar-refractivity contribution is 1.09. The third kappa shape index (κ3) is 4.64. The van der Waals surface area contributed by atoms with E-state index < -0.39 is 0 Å². The Labute approximate surface area is 97.7 Å². The summed E-state index contributed by atoms with van der Waals surface area (Å²) in [6, 6.07) is 0. The molecule has 1 aromatic heterocycles. The summed E-state index contributed by atoms with van der Waals surface area (Å²) in [6.07, 6.45) is 8.98. The van der Waals surface area contributed by atoms with E-state index in [4.69, 9.17) is 0 Å². The predicted octanol–water partition coefficient (Wildman–Crippen LogP) is 3.43. The van der Waals surface area contributed by atoms with E-state index in [-0.39, 0.29) is 0 Å². The molecule has 0 saturated heterocycles. The van der Waals surface area contributed by atoms with Crippen molar-refractivity contribution in [3.05, 3.63) is 42.1 Å². The third-order valence-electron chi connectivity index (χ3n) is 1.71. The van der Waals surface area contributed by atoms with Crippen LogP contribution in [-0.4, -0.2) is 16.7 Å².